The van der Waals surface area contributed by atoms with Crippen molar-refractivity contribution in [1.82, 2.24) is 10.6 Å². The first kappa shape index (κ1) is 13.4. The van der Waals surface area contributed by atoms with E-state index in [1.165, 1.54) is 17.8 Å². The second-order valence-corrected chi connectivity index (χ2v) is 5.35. The molecule has 1 atom stereocenters. The molecule has 0 spiro atoms. The molecule has 1 fully saturated rings. The van der Waals surface area contributed by atoms with E-state index in [9.17, 15) is 14.4 Å². The fraction of sp³-hybridized carbons (Fsp3) is 0.250. The molecule has 2 rings (SSSR count). The fourth-order valence-corrected chi connectivity index (χ4v) is 2.81. The highest BCUT2D eigenvalue weighted by Crippen LogP contribution is 2.27. The van der Waals surface area contributed by atoms with Crippen LogP contribution in [0.5, 0.6) is 0 Å². The van der Waals surface area contributed by atoms with Crippen LogP contribution in [0.2, 0.25) is 0 Å². The molecule has 3 N–H and O–H groups in total. The van der Waals surface area contributed by atoms with Crippen molar-refractivity contribution in [3.63, 3.8) is 0 Å². The van der Waals surface area contributed by atoms with E-state index in [-0.39, 0.29) is 11.3 Å². The Morgan fingerprint density at radius 2 is 2.05 bits per heavy atom. The molecule has 6 nitrogen and oxygen atoms in total. The normalized spacial score (nSPS) is 21.9. The zero-order chi connectivity index (χ0) is 14.0. The van der Waals surface area contributed by atoms with Gasteiger partial charge < -0.3 is 10.4 Å². The van der Waals surface area contributed by atoms with Crippen LogP contribution in [0.25, 0.3) is 0 Å². The summed E-state index contributed by atoms with van der Waals surface area (Å²) in [6.07, 6.45) is 0. The second kappa shape index (κ2) is 4.93. The number of benzene rings is 1. The molecule has 100 valence electrons. The van der Waals surface area contributed by atoms with Crippen molar-refractivity contribution in [2.75, 3.05) is 5.75 Å². The van der Waals surface area contributed by atoms with E-state index in [1.54, 1.807) is 25.1 Å². The van der Waals surface area contributed by atoms with Crippen LogP contribution in [0.15, 0.2) is 29.2 Å². The Hall–Kier alpha value is -2.02. The number of imide groups is 1. The summed E-state index contributed by atoms with van der Waals surface area (Å²) >= 11 is 1.22. The summed E-state index contributed by atoms with van der Waals surface area (Å²) in [5.41, 5.74) is -0.839. The molecule has 3 amide bonds. The van der Waals surface area contributed by atoms with Gasteiger partial charge in [0.05, 0.1) is 5.56 Å². The van der Waals surface area contributed by atoms with Crippen LogP contribution < -0.4 is 10.6 Å². The summed E-state index contributed by atoms with van der Waals surface area (Å²) in [6.45, 7) is 1.60. The number of thioether (sulfide) groups is 1. The molecule has 1 aliphatic rings. The molecule has 1 aromatic rings. The number of carboxylic acid groups (broad SMARTS) is 1. The van der Waals surface area contributed by atoms with Crippen LogP contribution >= 0.6 is 11.8 Å². The van der Waals surface area contributed by atoms with E-state index in [0.717, 1.165) is 0 Å². The van der Waals surface area contributed by atoms with Gasteiger partial charge in [0, 0.05) is 10.6 Å². The average molecular weight is 280 g/mol. The Labute approximate surface area is 113 Å². The highest BCUT2D eigenvalue weighted by atomic mass is 32.2. The third-order valence-electron chi connectivity index (χ3n) is 2.75. The van der Waals surface area contributed by atoms with Gasteiger partial charge in [0.1, 0.15) is 5.54 Å². The van der Waals surface area contributed by atoms with Crippen LogP contribution in [0, 0.1) is 0 Å². The van der Waals surface area contributed by atoms with Crippen LogP contribution in [0.1, 0.15) is 17.3 Å². The maximum atomic E-state index is 11.6. The molecule has 0 radical (unpaired) electrons. The SMILES string of the molecule is C[C@@]1(CSc2ccccc2C(=O)O)NC(=O)NC1=O. The van der Waals surface area contributed by atoms with E-state index >= 15 is 0 Å². The highest BCUT2D eigenvalue weighted by molar-refractivity contribution is 7.99. The fourth-order valence-electron chi connectivity index (χ4n) is 1.67. The quantitative estimate of drug-likeness (QED) is 0.566. The Bertz CT molecular complexity index is 560. The molecule has 1 aliphatic heterocycles. The predicted molar refractivity (Wildman–Crippen MR) is 69.2 cm³/mol. The molecule has 0 unspecified atom stereocenters. The van der Waals surface area contributed by atoms with Crippen molar-refractivity contribution in [3.8, 4) is 0 Å². The van der Waals surface area contributed by atoms with Crippen LogP contribution in [-0.2, 0) is 4.79 Å². The van der Waals surface area contributed by atoms with Crippen molar-refractivity contribution >= 4 is 29.7 Å². The average Bonchev–Trinajstić information content (AvgIpc) is 2.61. The number of hydrogen-bond acceptors (Lipinski definition) is 4. The van der Waals surface area contributed by atoms with Gasteiger partial charge in [0.2, 0.25) is 0 Å². The molecule has 1 heterocycles. The van der Waals surface area contributed by atoms with Crippen LogP contribution in [0.3, 0.4) is 0 Å². The Kier molecular flexibility index (Phi) is 3.48. The van der Waals surface area contributed by atoms with Gasteiger partial charge in [-0.3, -0.25) is 10.1 Å². The maximum Gasteiger partial charge on any atom is 0.336 e. The lowest BCUT2D eigenvalue weighted by atomic mass is 10.1. The molecule has 7 heteroatoms. The largest absolute Gasteiger partial charge is 0.478 e. The number of amides is 3. The van der Waals surface area contributed by atoms with Crippen molar-refractivity contribution in [3.05, 3.63) is 29.8 Å². The van der Waals surface area contributed by atoms with E-state index in [2.05, 4.69) is 10.6 Å². The molecule has 19 heavy (non-hydrogen) atoms. The Balaban J connectivity index is 2.13. The maximum absolute atomic E-state index is 11.6. The van der Waals surface area contributed by atoms with E-state index in [4.69, 9.17) is 5.11 Å². The minimum absolute atomic E-state index is 0.181. The lowest BCUT2D eigenvalue weighted by Crippen LogP contribution is -2.46. The smallest absolute Gasteiger partial charge is 0.336 e. The van der Waals surface area contributed by atoms with Crippen molar-refractivity contribution in [1.29, 1.82) is 0 Å². The monoisotopic (exact) mass is 280 g/mol. The number of carboxylic acids is 1. The molecular formula is C12H12N2O4S. The van der Waals surface area contributed by atoms with Gasteiger partial charge in [-0.05, 0) is 19.1 Å². The van der Waals surface area contributed by atoms with Gasteiger partial charge in [-0.1, -0.05) is 12.1 Å². The standard InChI is InChI=1S/C12H12N2O4S/c1-12(10(17)13-11(18)14-12)6-19-8-5-3-2-4-7(8)9(15)16/h2-5H,6H2,1H3,(H,15,16)(H2,13,14,17,18)/t12-/m0/s1. The Morgan fingerprint density at radius 3 is 2.63 bits per heavy atom. The lowest BCUT2D eigenvalue weighted by molar-refractivity contribution is -0.122. The Morgan fingerprint density at radius 1 is 1.37 bits per heavy atom. The highest BCUT2D eigenvalue weighted by Gasteiger charge is 2.41. The molecule has 1 aromatic carbocycles. The predicted octanol–water partition coefficient (Wildman–Crippen LogP) is 1.07. The number of urea groups is 1. The summed E-state index contributed by atoms with van der Waals surface area (Å²) in [6, 6.07) is 6.01. The van der Waals surface area contributed by atoms with Gasteiger partial charge in [0.15, 0.2) is 0 Å². The van der Waals surface area contributed by atoms with E-state index < -0.39 is 23.4 Å². The van der Waals surface area contributed by atoms with E-state index in [0.29, 0.717) is 4.90 Å². The number of aromatic carboxylic acids is 1. The van der Waals surface area contributed by atoms with Gasteiger partial charge in [-0.15, -0.1) is 11.8 Å². The van der Waals surface area contributed by atoms with Crippen molar-refractivity contribution in [2.45, 2.75) is 17.4 Å². The molecule has 0 bridgehead atoms. The summed E-state index contributed by atoms with van der Waals surface area (Å²) in [5.74, 6) is -1.17. The molecule has 1 saturated heterocycles. The van der Waals surface area contributed by atoms with Gasteiger partial charge in [-0.2, -0.15) is 0 Å². The summed E-state index contributed by atoms with van der Waals surface area (Å²) in [4.78, 5) is 34.3. The molecule has 0 aliphatic carbocycles. The summed E-state index contributed by atoms with van der Waals surface area (Å²) in [7, 11) is 0. The molecule has 0 aromatic heterocycles. The molecule has 0 saturated carbocycles. The van der Waals surface area contributed by atoms with E-state index in [1.807, 2.05) is 0 Å². The van der Waals surface area contributed by atoms with Gasteiger partial charge in [0.25, 0.3) is 5.91 Å². The lowest BCUT2D eigenvalue weighted by Gasteiger charge is -2.20. The van der Waals surface area contributed by atoms with Crippen molar-refractivity contribution in [2.24, 2.45) is 0 Å². The third kappa shape index (κ3) is 2.70. The number of carbonyl (C=O) groups is 3. The summed E-state index contributed by atoms with van der Waals surface area (Å²) < 4.78 is 0. The zero-order valence-corrected chi connectivity index (χ0v) is 10.9. The number of nitrogens with one attached hydrogen (secondary N) is 2. The third-order valence-corrected chi connectivity index (χ3v) is 4.14. The number of rotatable bonds is 4. The minimum Gasteiger partial charge on any atom is -0.478 e. The first-order valence-electron chi connectivity index (χ1n) is 5.51. The first-order valence-corrected chi connectivity index (χ1v) is 6.50. The van der Waals surface area contributed by atoms with Crippen LogP contribution in [-0.4, -0.2) is 34.3 Å². The van der Waals surface area contributed by atoms with Gasteiger partial charge in [-0.25, -0.2) is 9.59 Å². The summed E-state index contributed by atoms with van der Waals surface area (Å²) in [5, 5.41) is 13.7. The number of hydrogen-bond donors (Lipinski definition) is 3. The first-order chi connectivity index (χ1) is 8.92. The van der Waals surface area contributed by atoms with Crippen molar-refractivity contribution < 1.29 is 19.5 Å². The minimum atomic E-state index is -1.02. The van der Waals surface area contributed by atoms with Gasteiger partial charge >= 0.3 is 12.0 Å². The number of carbonyl (C=O) groups excluding carboxylic acids is 2. The molecular weight excluding hydrogens is 268 g/mol. The second-order valence-electron chi connectivity index (χ2n) is 4.33. The topological polar surface area (TPSA) is 95.5 Å². The zero-order valence-electron chi connectivity index (χ0n) is 10.1. The van der Waals surface area contributed by atoms with Crippen LogP contribution in [0.4, 0.5) is 4.79 Å².